The minimum atomic E-state index is 0.609. The Kier molecular flexibility index (Phi) is 3.92. The van der Waals surface area contributed by atoms with Gasteiger partial charge < -0.3 is 0 Å². The Morgan fingerprint density at radius 1 is 1.71 bits per heavy atom. The Bertz CT molecular complexity index is 105. The van der Waals surface area contributed by atoms with Crippen molar-refractivity contribution in [2.45, 2.75) is 0 Å². The van der Waals surface area contributed by atoms with Gasteiger partial charge in [0.2, 0.25) is 0 Å². The molecule has 0 atom stereocenters. The van der Waals surface area contributed by atoms with Crippen LogP contribution in [0.15, 0.2) is 24.4 Å². The van der Waals surface area contributed by atoms with Crippen molar-refractivity contribution in [3.8, 4) is 0 Å². The molecule has 2 heteroatoms. The first-order valence-electron chi connectivity index (χ1n) is 1.83. The van der Waals surface area contributed by atoms with Crippen molar-refractivity contribution in [3.63, 3.8) is 0 Å². The zero-order valence-corrected chi connectivity index (χ0v) is 6.86. The Morgan fingerprint density at radius 2 is 2.29 bits per heavy atom. The van der Waals surface area contributed by atoms with E-state index < -0.39 is 0 Å². The molecule has 0 aliphatic heterocycles. The van der Waals surface area contributed by atoms with Crippen molar-refractivity contribution in [2.75, 3.05) is 0 Å². The van der Waals surface area contributed by atoms with E-state index in [4.69, 9.17) is 5.73 Å². The van der Waals surface area contributed by atoms with Gasteiger partial charge in [-0.15, -0.1) is 0 Å². The fourth-order valence-electron chi connectivity index (χ4n) is 0.163. The van der Waals surface area contributed by atoms with Crippen LogP contribution in [-0.4, -0.2) is 4.40 Å². The Labute approximate surface area is 54.3 Å². The molecule has 38 valence electrons. The van der Waals surface area contributed by atoms with E-state index in [2.05, 4.69) is 6.58 Å². The van der Waals surface area contributed by atoms with E-state index in [1.807, 2.05) is 10.5 Å². The van der Waals surface area contributed by atoms with Crippen molar-refractivity contribution < 1.29 is 19.4 Å². The first kappa shape index (κ1) is 6.84. The monoisotopic (exact) mass is 265 g/mol. The average molecular weight is 265 g/mol. The van der Waals surface area contributed by atoms with Gasteiger partial charge in [0.25, 0.3) is 0 Å². The number of hydrogen-bond acceptors (Lipinski definition) is 1. The first-order valence-corrected chi connectivity index (χ1v) is 3.53. The quantitative estimate of drug-likeness (QED) is 0.717. The summed E-state index contributed by atoms with van der Waals surface area (Å²) >= 11 is 1.42. The van der Waals surface area contributed by atoms with Gasteiger partial charge in [-0.25, -0.2) is 0 Å². The zero-order chi connectivity index (χ0) is 5.70. The third kappa shape index (κ3) is 5.84. The normalized spacial score (nSPS) is 9.14. The third-order valence-corrected chi connectivity index (χ3v) is 0.953. The van der Waals surface area contributed by atoms with Gasteiger partial charge in [-0.3, -0.25) is 0 Å². The zero-order valence-electron chi connectivity index (χ0n) is 3.92. The van der Waals surface area contributed by atoms with Crippen LogP contribution in [0.5, 0.6) is 0 Å². The number of allylic oxidation sites excluding steroid dienone is 2. The summed E-state index contributed by atoms with van der Waals surface area (Å²) in [6.45, 7) is 3.47. The molecule has 1 nitrogen and oxygen atoms in total. The second-order valence-electron chi connectivity index (χ2n) is 1.07. The number of hydrogen-bond donors (Lipinski definition) is 1. The van der Waals surface area contributed by atoms with Crippen LogP contribution >= 0.6 is 0 Å². The molecule has 0 amide bonds. The molecule has 2 N–H and O–H groups in total. The summed E-state index contributed by atoms with van der Waals surface area (Å²) in [5.74, 6) is 0. The predicted octanol–water partition coefficient (Wildman–Crippen LogP) is 0.364. The van der Waals surface area contributed by atoms with Crippen LogP contribution in [0.3, 0.4) is 0 Å². The number of rotatable bonds is 2. The topological polar surface area (TPSA) is 26.0 Å². The molecule has 0 rings (SSSR count). The Morgan fingerprint density at radius 3 is 2.43 bits per heavy atom. The van der Waals surface area contributed by atoms with Crippen LogP contribution in [-0.2, 0) is 19.4 Å². The molecule has 0 saturated heterocycles. The van der Waals surface area contributed by atoms with E-state index in [0.29, 0.717) is 5.70 Å². The van der Waals surface area contributed by atoms with Crippen LogP contribution in [0.1, 0.15) is 0 Å². The maximum atomic E-state index is 5.19. The predicted molar refractivity (Wildman–Crippen MR) is 28.5 cm³/mol. The van der Waals surface area contributed by atoms with Crippen molar-refractivity contribution in [1.29, 1.82) is 0 Å². The van der Waals surface area contributed by atoms with Crippen LogP contribution < -0.4 is 5.73 Å². The van der Waals surface area contributed by atoms with E-state index in [0.717, 1.165) is 0 Å². The molecule has 0 fully saturated rings. The van der Waals surface area contributed by atoms with E-state index in [-0.39, 0.29) is 0 Å². The van der Waals surface area contributed by atoms with Gasteiger partial charge in [0.1, 0.15) is 0 Å². The van der Waals surface area contributed by atoms with Gasteiger partial charge in [0, 0.05) is 0 Å². The SMILES string of the molecule is C=C(N)/C=C\[CH]=[W]. The fourth-order valence-corrected chi connectivity index (χ4v) is 0.445. The molecule has 0 spiro atoms. The summed E-state index contributed by atoms with van der Waals surface area (Å²) in [7, 11) is 0. The van der Waals surface area contributed by atoms with Crippen LogP contribution in [0.25, 0.3) is 0 Å². The summed E-state index contributed by atoms with van der Waals surface area (Å²) in [5, 5.41) is 0. The summed E-state index contributed by atoms with van der Waals surface area (Å²) < 4.78 is 1.98. The van der Waals surface area contributed by atoms with E-state index in [1.165, 1.54) is 19.4 Å². The van der Waals surface area contributed by atoms with Gasteiger partial charge in [0.15, 0.2) is 0 Å². The van der Waals surface area contributed by atoms with Crippen molar-refractivity contribution in [1.82, 2.24) is 0 Å². The average Bonchev–Trinajstić information content (AvgIpc) is 1.61. The Hall–Kier alpha value is -0.162. The van der Waals surface area contributed by atoms with E-state index in [1.54, 1.807) is 6.08 Å². The molecule has 0 aromatic rings. The van der Waals surface area contributed by atoms with Crippen molar-refractivity contribution >= 4 is 4.40 Å². The molecule has 0 radical (unpaired) electrons. The minimum absolute atomic E-state index is 0.609. The second kappa shape index (κ2) is 4.01. The van der Waals surface area contributed by atoms with Crippen LogP contribution in [0.4, 0.5) is 0 Å². The van der Waals surface area contributed by atoms with Gasteiger partial charge >= 0.3 is 53.9 Å². The molecule has 0 aromatic carbocycles. The molecule has 0 aromatic heterocycles. The molecule has 0 heterocycles. The maximum absolute atomic E-state index is 5.19. The first-order chi connectivity index (χ1) is 3.27. The van der Waals surface area contributed by atoms with Crippen LogP contribution in [0, 0.1) is 0 Å². The molecular weight excluding hydrogens is 258 g/mol. The molecule has 7 heavy (non-hydrogen) atoms. The summed E-state index contributed by atoms with van der Waals surface area (Å²) in [6, 6.07) is 0. The van der Waals surface area contributed by atoms with E-state index >= 15 is 0 Å². The summed E-state index contributed by atoms with van der Waals surface area (Å²) in [4.78, 5) is 0. The van der Waals surface area contributed by atoms with E-state index in [9.17, 15) is 0 Å². The van der Waals surface area contributed by atoms with Crippen molar-refractivity contribution in [3.05, 3.63) is 24.4 Å². The fraction of sp³-hybridized carbons (Fsp3) is 0. The molecule has 0 bridgehead atoms. The third-order valence-electron chi connectivity index (χ3n) is 0.389. The summed E-state index contributed by atoms with van der Waals surface area (Å²) in [6.07, 6.45) is 3.66. The standard InChI is InChI=1S/C5H7N.W/c1-3-4-5(2)6;/h1,3-4H,2,6H2;/b4-3-;. The molecule has 0 saturated carbocycles. The number of nitrogens with two attached hydrogens (primary N) is 1. The molecule has 0 unspecified atom stereocenters. The van der Waals surface area contributed by atoms with Gasteiger partial charge in [-0.2, -0.15) is 0 Å². The van der Waals surface area contributed by atoms with Crippen LogP contribution in [0.2, 0.25) is 0 Å². The van der Waals surface area contributed by atoms with Gasteiger partial charge in [-0.1, -0.05) is 0 Å². The van der Waals surface area contributed by atoms with Gasteiger partial charge in [-0.05, 0) is 0 Å². The summed E-state index contributed by atoms with van der Waals surface area (Å²) in [5.41, 5.74) is 5.80. The molecule has 0 aliphatic rings. The van der Waals surface area contributed by atoms with Gasteiger partial charge in [0.05, 0.1) is 0 Å². The van der Waals surface area contributed by atoms with Crippen molar-refractivity contribution in [2.24, 2.45) is 5.73 Å². The molecule has 0 aliphatic carbocycles. The Balaban J connectivity index is 3.46. The second-order valence-corrected chi connectivity index (χ2v) is 2.05. The molecular formula is C5H7NW.